The third-order valence-electron chi connectivity index (χ3n) is 3.30. The van der Waals surface area contributed by atoms with Gasteiger partial charge in [0, 0.05) is 21.1 Å². The Morgan fingerprint density at radius 1 is 1.35 bits per heavy atom. The summed E-state index contributed by atoms with van der Waals surface area (Å²) in [6.45, 7) is 9.01. The lowest BCUT2D eigenvalue weighted by atomic mass is 9.97. The Kier molecular flexibility index (Phi) is 7.25. The maximum absolute atomic E-state index is 11.0. The number of benzene rings is 1. The van der Waals surface area contributed by atoms with E-state index in [4.69, 9.17) is 14.6 Å². The first-order chi connectivity index (χ1) is 10.5. The number of hydrogen-bond acceptors (Lipinski definition) is 4. The van der Waals surface area contributed by atoms with Gasteiger partial charge in [0.05, 0.1) is 4.47 Å². The highest BCUT2D eigenvalue weighted by Crippen LogP contribution is 2.27. The van der Waals surface area contributed by atoms with Gasteiger partial charge in [0.2, 0.25) is 0 Å². The first-order valence-corrected chi connectivity index (χ1v) is 12.0. The predicted molar refractivity (Wildman–Crippen MR) is 95.7 cm³/mol. The second kappa shape index (κ2) is 8.28. The van der Waals surface area contributed by atoms with Crippen LogP contribution in [0.2, 0.25) is 25.7 Å². The lowest BCUT2D eigenvalue weighted by molar-refractivity contribution is -0.156. The summed E-state index contributed by atoms with van der Waals surface area (Å²) in [6, 6.07) is 6.30. The summed E-state index contributed by atoms with van der Waals surface area (Å²) >= 11 is 3.39. The van der Waals surface area contributed by atoms with Crippen LogP contribution in [0.5, 0.6) is 5.75 Å². The third-order valence-corrected chi connectivity index (χ3v) is 5.62. The van der Waals surface area contributed by atoms with Crippen molar-refractivity contribution in [3.63, 3.8) is 0 Å². The van der Waals surface area contributed by atoms with E-state index in [0.717, 1.165) is 6.04 Å². The molecule has 0 aliphatic rings. The molecule has 0 bridgehead atoms. The zero-order chi connectivity index (χ0) is 17.7. The highest BCUT2D eigenvalue weighted by Gasteiger charge is 2.30. The highest BCUT2D eigenvalue weighted by molar-refractivity contribution is 9.10. The Morgan fingerprint density at radius 2 is 2.00 bits per heavy atom. The maximum Gasteiger partial charge on any atom is 0.335 e. The SMILES string of the molecule is C[C@@](O)(Cc1ccc(OCOCC[Si](C)(C)C)c(Br)c1)C(=O)O. The molecule has 2 N–H and O–H groups in total. The normalized spacial score (nSPS) is 14.3. The first kappa shape index (κ1) is 20.2. The smallest absolute Gasteiger partial charge is 0.335 e. The molecule has 0 radical (unpaired) electrons. The Bertz CT molecular complexity index is 540. The molecule has 0 fully saturated rings. The van der Waals surface area contributed by atoms with Gasteiger partial charge >= 0.3 is 5.97 Å². The molecule has 0 spiro atoms. The molecule has 1 atom stereocenters. The van der Waals surface area contributed by atoms with E-state index in [1.807, 2.05) is 0 Å². The number of carbonyl (C=O) groups is 1. The van der Waals surface area contributed by atoms with Crippen molar-refractivity contribution in [1.29, 1.82) is 0 Å². The molecule has 1 aromatic rings. The van der Waals surface area contributed by atoms with Crippen LogP contribution in [-0.4, -0.2) is 43.3 Å². The maximum atomic E-state index is 11.0. The average Bonchev–Trinajstić information content (AvgIpc) is 2.38. The van der Waals surface area contributed by atoms with Crippen LogP contribution >= 0.6 is 15.9 Å². The molecule has 130 valence electrons. The van der Waals surface area contributed by atoms with Crippen molar-refractivity contribution in [2.45, 2.75) is 44.6 Å². The zero-order valence-corrected chi connectivity index (χ0v) is 16.6. The van der Waals surface area contributed by atoms with Crippen molar-refractivity contribution >= 4 is 30.0 Å². The summed E-state index contributed by atoms with van der Waals surface area (Å²) in [5, 5.41) is 18.8. The van der Waals surface area contributed by atoms with Crippen LogP contribution in [0.15, 0.2) is 22.7 Å². The number of halogens is 1. The monoisotopic (exact) mass is 404 g/mol. The number of carboxylic acids is 1. The molecule has 1 rings (SSSR count). The molecule has 5 nitrogen and oxygen atoms in total. The van der Waals surface area contributed by atoms with Crippen LogP contribution < -0.4 is 4.74 Å². The fraction of sp³-hybridized carbons (Fsp3) is 0.562. The van der Waals surface area contributed by atoms with Gasteiger partial charge in [-0.1, -0.05) is 25.7 Å². The lowest BCUT2D eigenvalue weighted by Gasteiger charge is -2.18. The molecule has 1 aromatic carbocycles. The molecule has 0 unspecified atom stereocenters. The van der Waals surface area contributed by atoms with Crippen molar-refractivity contribution in [2.75, 3.05) is 13.4 Å². The number of carboxylic acid groups (broad SMARTS) is 1. The van der Waals surface area contributed by atoms with E-state index >= 15 is 0 Å². The van der Waals surface area contributed by atoms with Gasteiger partial charge in [-0.3, -0.25) is 0 Å². The minimum Gasteiger partial charge on any atom is -0.479 e. The van der Waals surface area contributed by atoms with Crippen molar-refractivity contribution in [3.8, 4) is 5.75 Å². The topological polar surface area (TPSA) is 76.0 Å². The molecular weight excluding hydrogens is 380 g/mol. The molecule has 7 heteroatoms. The summed E-state index contributed by atoms with van der Waals surface area (Å²) in [5.74, 6) is -0.624. The third kappa shape index (κ3) is 7.47. The minimum absolute atomic E-state index is 0.0218. The largest absolute Gasteiger partial charge is 0.479 e. The van der Waals surface area contributed by atoms with E-state index < -0.39 is 19.6 Å². The Labute approximate surface area is 146 Å². The average molecular weight is 405 g/mol. The second-order valence-corrected chi connectivity index (χ2v) is 13.5. The van der Waals surface area contributed by atoms with E-state index in [1.165, 1.54) is 6.92 Å². The number of hydrogen-bond donors (Lipinski definition) is 2. The summed E-state index contributed by atoms with van der Waals surface area (Å²) in [4.78, 5) is 11.0. The van der Waals surface area contributed by atoms with Crippen LogP contribution in [-0.2, 0) is 16.0 Å². The number of rotatable bonds is 9. The number of aliphatic carboxylic acids is 1. The van der Waals surface area contributed by atoms with E-state index in [9.17, 15) is 9.90 Å². The van der Waals surface area contributed by atoms with Crippen molar-refractivity contribution in [2.24, 2.45) is 0 Å². The van der Waals surface area contributed by atoms with Crippen LogP contribution in [0.25, 0.3) is 0 Å². The van der Waals surface area contributed by atoms with Crippen LogP contribution in [0.1, 0.15) is 12.5 Å². The molecule has 0 amide bonds. The van der Waals surface area contributed by atoms with Gasteiger partial charge in [0.15, 0.2) is 12.4 Å². The molecule has 0 aliphatic carbocycles. The Hall–Kier alpha value is -0.893. The van der Waals surface area contributed by atoms with Crippen molar-refractivity contribution in [1.82, 2.24) is 0 Å². The van der Waals surface area contributed by atoms with Gasteiger partial charge in [-0.05, 0) is 46.6 Å². The second-order valence-electron chi connectivity index (χ2n) is 7.00. The Balaban J connectivity index is 2.52. The summed E-state index contributed by atoms with van der Waals surface area (Å²) in [6.07, 6.45) is 0.0218. The highest BCUT2D eigenvalue weighted by atomic mass is 79.9. The van der Waals surface area contributed by atoms with E-state index in [1.54, 1.807) is 18.2 Å². The van der Waals surface area contributed by atoms with Gasteiger partial charge < -0.3 is 19.7 Å². The number of ether oxygens (including phenoxy) is 2. The first-order valence-electron chi connectivity index (χ1n) is 7.46. The molecule has 0 aliphatic heterocycles. The van der Waals surface area contributed by atoms with Gasteiger partial charge in [0.1, 0.15) is 5.75 Å². The van der Waals surface area contributed by atoms with E-state index in [0.29, 0.717) is 22.4 Å². The van der Waals surface area contributed by atoms with Gasteiger partial charge in [-0.25, -0.2) is 4.79 Å². The van der Waals surface area contributed by atoms with E-state index in [-0.39, 0.29) is 13.2 Å². The standard InChI is InChI=1S/C16H25BrO5Si/c1-16(20,15(18)19)10-12-5-6-14(13(17)9-12)22-11-21-7-8-23(2,3)4/h5-6,9,20H,7-8,10-11H2,1-4H3,(H,18,19)/t16-/m1/s1. The number of aliphatic hydroxyl groups is 1. The molecular formula is C16H25BrO5Si. The molecule has 0 aromatic heterocycles. The van der Waals surface area contributed by atoms with Gasteiger partial charge in [0.25, 0.3) is 0 Å². The summed E-state index contributed by atoms with van der Waals surface area (Å²) < 4.78 is 11.7. The van der Waals surface area contributed by atoms with Crippen molar-refractivity contribution < 1.29 is 24.5 Å². The predicted octanol–water partition coefficient (Wildman–Crippen LogP) is 3.52. The fourth-order valence-corrected chi connectivity index (χ4v) is 3.08. The van der Waals surface area contributed by atoms with Crippen LogP contribution in [0, 0.1) is 0 Å². The van der Waals surface area contributed by atoms with Crippen LogP contribution in [0.4, 0.5) is 0 Å². The van der Waals surface area contributed by atoms with E-state index in [2.05, 4.69) is 35.6 Å². The fourth-order valence-electron chi connectivity index (χ4n) is 1.79. The zero-order valence-electron chi connectivity index (χ0n) is 14.1. The summed E-state index contributed by atoms with van der Waals surface area (Å²) in [7, 11) is -1.10. The Morgan fingerprint density at radius 3 is 2.52 bits per heavy atom. The molecule has 0 heterocycles. The quantitative estimate of drug-likeness (QED) is 0.374. The van der Waals surface area contributed by atoms with Crippen LogP contribution in [0.3, 0.4) is 0 Å². The molecule has 0 saturated heterocycles. The van der Waals surface area contributed by atoms with Gasteiger partial charge in [-0.15, -0.1) is 0 Å². The molecule has 0 saturated carbocycles. The molecule has 23 heavy (non-hydrogen) atoms. The van der Waals surface area contributed by atoms with Gasteiger partial charge in [-0.2, -0.15) is 0 Å². The minimum atomic E-state index is -1.79. The van der Waals surface area contributed by atoms with Crippen molar-refractivity contribution in [3.05, 3.63) is 28.2 Å². The lowest BCUT2D eigenvalue weighted by Crippen LogP contribution is -2.37. The summed E-state index contributed by atoms with van der Waals surface area (Å²) in [5.41, 5.74) is -1.09.